The third kappa shape index (κ3) is 3.47. The second kappa shape index (κ2) is 5.49. The Labute approximate surface area is 115 Å². The number of carbonyl (C=O) groups excluding carboxylic acids is 1. The molecular weight excluding hydrogens is 301 g/mol. The molecule has 0 N–H and O–H groups in total. The standard InChI is InChI=1S/C10H9F3N2O2S2/c1-17-8(16)6-4-18-7(15-6)2-5-3-14-9(19-5)10(11,12)13/h4-5H,2-3H2,1H3. The third-order valence-electron chi connectivity index (χ3n) is 2.31. The lowest BCUT2D eigenvalue weighted by Crippen LogP contribution is -2.18. The van der Waals surface area contributed by atoms with Crippen LogP contribution in [-0.2, 0) is 11.2 Å². The van der Waals surface area contributed by atoms with Gasteiger partial charge < -0.3 is 4.74 Å². The van der Waals surface area contributed by atoms with Gasteiger partial charge in [-0.25, -0.2) is 9.78 Å². The summed E-state index contributed by atoms with van der Waals surface area (Å²) in [6, 6.07) is 0. The summed E-state index contributed by atoms with van der Waals surface area (Å²) in [6.07, 6.45) is -4.02. The van der Waals surface area contributed by atoms with E-state index in [-0.39, 0.29) is 17.5 Å². The van der Waals surface area contributed by atoms with Crippen molar-refractivity contribution in [3.8, 4) is 0 Å². The first kappa shape index (κ1) is 14.3. The number of thiazole rings is 1. The molecule has 1 unspecified atom stereocenters. The van der Waals surface area contributed by atoms with E-state index in [1.807, 2.05) is 0 Å². The smallest absolute Gasteiger partial charge is 0.439 e. The van der Waals surface area contributed by atoms with Crippen LogP contribution in [0.4, 0.5) is 13.2 Å². The molecule has 0 saturated carbocycles. The molecule has 0 fully saturated rings. The van der Waals surface area contributed by atoms with E-state index in [4.69, 9.17) is 0 Å². The number of ether oxygens (including phenoxy) is 1. The van der Waals surface area contributed by atoms with Gasteiger partial charge in [0.15, 0.2) is 10.7 Å². The summed E-state index contributed by atoms with van der Waals surface area (Å²) in [4.78, 5) is 18.7. The van der Waals surface area contributed by atoms with E-state index >= 15 is 0 Å². The first-order valence-electron chi connectivity index (χ1n) is 5.21. The average molecular weight is 310 g/mol. The molecule has 1 aliphatic rings. The molecule has 104 valence electrons. The highest BCUT2D eigenvalue weighted by Crippen LogP contribution is 2.34. The van der Waals surface area contributed by atoms with Crippen LogP contribution < -0.4 is 0 Å². The van der Waals surface area contributed by atoms with Crippen LogP contribution in [0.3, 0.4) is 0 Å². The molecule has 2 heterocycles. The Balaban J connectivity index is 1.94. The topological polar surface area (TPSA) is 51.5 Å². The van der Waals surface area contributed by atoms with Gasteiger partial charge in [0.2, 0.25) is 0 Å². The van der Waals surface area contributed by atoms with Crippen LogP contribution >= 0.6 is 23.1 Å². The highest BCUT2D eigenvalue weighted by Gasteiger charge is 2.40. The van der Waals surface area contributed by atoms with Gasteiger partial charge in [-0.05, 0) is 0 Å². The number of nitrogens with zero attached hydrogens (tertiary/aromatic N) is 2. The molecule has 4 nitrogen and oxygen atoms in total. The Morgan fingerprint density at radius 3 is 2.89 bits per heavy atom. The molecule has 19 heavy (non-hydrogen) atoms. The molecule has 1 aromatic rings. The van der Waals surface area contributed by atoms with Crippen LogP contribution in [0.2, 0.25) is 0 Å². The fourth-order valence-electron chi connectivity index (χ4n) is 1.48. The Kier molecular flexibility index (Phi) is 4.14. The molecule has 1 atom stereocenters. The number of hydrogen-bond donors (Lipinski definition) is 0. The maximum atomic E-state index is 12.4. The Morgan fingerprint density at radius 2 is 2.32 bits per heavy atom. The fourth-order valence-corrected chi connectivity index (χ4v) is 3.42. The molecular formula is C10H9F3N2O2S2. The van der Waals surface area contributed by atoms with Crippen molar-refractivity contribution in [3.63, 3.8) is 0 Å². The maximum absolute atomic E-state index is 12.4. The van der Waals surface area contributed by atoms with Crippen molar-refractivity contribution < 1.29 is 22.7 Å². The third-order valence-corrected chi connectivity index (χ3v) is 4.41. The van der Waals surface area contributed by atoms with Gasteiger partial charge in [0.25, 0.3) is 0 Å². The van der Waals surface area contributed by atoms with Crippen molar-refractivity contribution in [1.29, 1.82) is 0 Å². The normalized spacial score (nSPS) is 19.4. The summed E-state index contributed by atoms with van der Waals surface area (Å²) in [5.41, 5.74) is 0.183. The zero-order valence-corrected chi connectivity index (χ0v) is 11.4. The van der Waals surface area contributed by atoms with Crippen LogP contribution in [-0.4, -0.2) is 41.1 Å². The van der Waals surface area contributed by atoms with Gasteiger partial charge in [-0.3, -0.25) is 4.99 Å². The number of thioether (sulfide) groups is 1. The highest BCUT2D eigenvalue weighted by molar-refractivity contribution is 8.14. The lowest BCUT2D eigenvalue weighted by molar-refractivity contribution is -0.0554. The number of esters is 1. The number of carbonyl (C=O) groups is 1. The number of halogens is 3. The van der Waals surface area contributed by atoms with E-state index < -0.39 is 17.2 Å². The summed E-state index contributed by atoms with van der Waals surface area (Å²) in [5, 5.41) is 1.07. The van der Waals surface area contributed by atoms with E-state index in [0.717, 1.165) is 0 Å². The van der Waals surface area contributed by atoms with Crippen LogP contribution in [0.5, 0.6) is 0 Å². The summed E-state index contributed by atoms with van der Waals surface area (Å²) < 4.78 is 41.7. The first-order valence-corrected chi connectivity index (χ1v) is 6.97. The second-order valence-corrected chi connectivity index (χ2v) is 5.94. The average Bonchev–Trinajstić information content (AvgIpc) is 2.97. The number of hydrogen-bond acceptors (Lipinski definition) is 6. The van der Waals surface area contributed by atoms with Crippen LogP contribution in [0.25, 0.3) is 0 Å². The molecule has 9 heteroatoms. The highest BCUT2D eigenvalue weighted by atomic mass is 32.2. The van der Waals surface area contributed by atoms with Gasteiger partial charge in [-0.1, -0.05) is 11.8 Å². The van der Waals surface area contributed by atoms with E-state index in [1.54, 1.807) is 0 Å². The SMILES string of the molecule is COC(=O)c1csc(CC2CN=C(C(F)(F)F)S2)n1. The minimum absolute atomic E-state index is 0.118. The fraction of sp³-hybridized carbons (Fsp3) is 0.500. The molecule has 1 aliphatic heterocycles. The minimum atomic E-state index is -4.38. The van der Waals surface area contributed by atoms with Crippen molar-refractivity contribution in [2.24, 2.45) is 4.99 Å². The van der Waals surface area contributed by atoms with Crippen molar-refractivity contribution in [1.82, 2.24) is 4.98 Å². The van der Waals surface area contributed by atoms with Gasteiger partial charge in [-0.15, -0.1) is 11.3 Å². The number of rotatable bonds is 3. The van der Waals surface area contributed by atoms with Crippen LogP contribution in [0.15, 0.2) is 10.4 Å². The number of aromatic nitrogens is 1. The predicted molar refractivity (Wildman–Crippen MR) is 66.9 cm³/mol. The molecule has 0 aromatic carbocycles. The van der Waals surface area contributed by atoms with Crippen molar-refractivity contribution in [2.75, 3.05) is 13.7 Å². The van der Waals surface area contributed by atoms with E-state index in [0.29, 0.717) is 23.2 Å². The lowest BCUT2D eigenvalue weighted by Gasteiger charge is -2.07. The van der Waals surface area contributed by atoms with Gasteiger partial charge in [-0.2, -0.15) is 13.2 Å². The molecule has 0 bridgehead atoms. The Morgan fingerprint density at radius 1 is 1.58 bits per heavy atom. The van der Waals surface area contributed by atoms with Gasteiger partial charge in [0.1, 0.15) is 0 Å². The Hall–Kier alpha value is -1.09. The minimum Gasteiger partial charge on any atom is -0.464 e. The molecule has 0 radical (unpaired) electrons. The van der Waals surface area contributed by atoms with Crippen molar-refractivity contribution >= 4 is 34.1 Å². The monoisotopic (exact) mass is 310 g/mol. The molecule has 0 amide bonds. The summed E-state index contributed by atoms with van der Waals surface area (Å²) in [7, 11) is 1.25. The summed E-state index contributed by atoms with van der Waals surface area (Å²) in [6.45, 7) is 0.118. The largest absolute Gasteiger partial charge is 0.464 e. The van der Waals surface area contributed by atoms with Crippen LogP contribution in [0, 0.1) is 0 Å². The predicted octanol–water partition coefficient (Wildman–Crippen LogP) is 2.55. The lowest BCUT2D eigenvalue weighted by atomic mass is 10.3. The van der Waals surface area contributed by atoms with Crippen molar-refractivity contribution in [3.05, 3.63) is 16.1 Å². The van der Waals surface area contributed by atoms with E-state index in [9.17, 15) is 18.0 Å². The number of methoxy groups -OCH3 is 1. The number of alkyl halides is 3. The zero-order valence-electron chi connectivity index (χ0n) is 9.73. The molecule has 0 aliphatic carbocycles. The maximum Gasteiger partial charge on any atom is 0.439 e. The van der Waals surface area contributed by atoms with Crippen molar-refractivity contribution in [2.45, 2.75) is 17.8 Å². The number of aliphatic imine (C=N–C) groups is 1. The first-order chi connectivity index (χ1) is 8.90. The van der Waals surface area contributed by atoms with E-state index in [1.165, 1.54) is 23.8 Å². The Bertz CT molecular complexity index is 513. The van der Waals surface area contributed by atoms with Gasteiger partial charge in [0.05, 0.1) is 18.7 Å². The summed E-state index contributed by atoms with van der Waals surface area (Å²) >= 11 is 1.94. The molecule has 0 spiro atoms. The van der Waals surface area contributed by atoms with Gasteiger partial charge >= 0.3 is 12.1 Å². The molecule has 2 rings (SSSR count). The quantitative estimate of drug-likeness (QED) is 0.805. The van der Waals surface area contributed by atoms with Gasteiger partial charge in [0, 0.05) is 17.1 Å². The summed E-state index contributed by atoms with van der Waals surface area (Å²) in [5.74, 6) is -0.547. The zero-order chi connectivity index (χ0) is 14.0. The van der Waals surface area contributed by atoms with Crippen LogP contribution in [0.1, 0.15) is 15.5 Å². The molecule has 1 aromatic heterocycles. The van der Waals surface area contributed by atoms with E-state index in [2.05, 4.69) is 14.7 Å². The molecule has 0 saturated heterocycles. The second-order valence-electron chi connectivity index (χ2n) is 3.71.